The SMILES string of the molecule is Cc1c(CNc2nnc(C)c3cnc(N4CCN(c5cnn(C)c5)CC4)cc23)cccc1C(F)(F)F. The number of alkyl halides is 3. The van der Waals surface area contributed by atoms with Crippen molar-refractivity contribution in [3.63, 3.8) is 0 Å². The van der Waals surface area contributed by atoms with Gasteiger partial charge in [0.15, 0.2) is 5.82 Å². The first kappa shape index (κ1) is 23.8. The zero-order valence-electron chi connectivity index (χ0n) is 20.3. The second-order valence-corrected chi connectivity index (χ2v) is 9.01. The largest absolute Gasteiger partial charge is 0.416 e. The van der Waals surface area contributed by atoms with Gasteiger partial charge in [-0.25, -0.2) is 4.98 Å². The number of rotatable bonds is 5. The van der Waals surface area contributed by atoms with Gasteiger partial charge < -0.3 is 15.1 Å². The standard InChI is InChI=1S/C25H27F3N8/c1-16-18(5-4-6-22(16)25(26,27)28)12-30-24-20-11-23(29-14-21(20)17(2)32-33-24)36-9-7-35(8-10-36)19-13-31-34(3)15-19/h4-6,11,13-15H,7-10,12H2,1-3H3,(H,30,33). The summed E-state index contributed by atoms with van der Waals surface area (Å²) in [6.45, 7) is 6.85. The summed E-state index contributed by atoms with van der Waals surface area (Å²) in [6.07, 6.45) is 1.28. The van der Waals surface area contributed by atoms with Crippen molar-refractivity contribution in [1.29, 1.82) is 0 Å². The molecule has 0 saturated carbocycles. The number of halogens is 3. The summed E-state index contributed by atoms with van der Waals surface area (Å²) in [7, 11) is 1.91. The molecule has 0 unspecified atom stereocenters. The first-order chi connectivity index (χ1) is 17.2. The average Bonchev–Trinajstić information content (AvgIpc) is 3.30. The lowest BCUT2D eigenvalue weighted by Crippen LogP contribution is -2.46. The van der Waals surface area contributed by atoms with Crippen LogP contribution >= 0.6 is 0 Å². The smallest absolute Gasteiger partial charge is 0.365 e. The summed E-state index contributed by atoms with van der Waals surface area (Å²) in [5.41, 5.74) is 1.98. The maximum absolute atomic E-state index is 13.3. The average molecular weight is 497 g/mol. The fourth-order valence-electron chi connectivity index (χ4n) is 4.59. The molecule has 0 spiro atoms. The molecule has 1 aliphatic heterocycles. The van der Waals surface area contributed by atoms with Crippen LogP contribution in [0.5, 0.6) is 0 Å². The van der Waals surface area contributed by atoms with Gasteiger partial charge >= 0.3 is 6.18 Å². The van der Waals surface area contributed by atoms with E-state index in [4.69, 9.17) is 0 Å². The highest BCUT2D eigenvalue weighted by Gasteiger charge is 2.32. The number of benzene rings is 1. The highest BCUT2D eigenvalue weighted by Crippen LogP contribution is 2.33. The molecule has 1 N–H and O–H groups in total. The van der Waals surface area contributed by atoms with Gasteiger partial charge in [-0.1, -0.05) is 12.1 Å². The summed E-state index contributed by atoms with van der Waals surface area (Å²) < 4.78 is 41.8. The van der Waals surface area contributed by atoms with Crippen LogP contribution < -0.4 is 15.1 Å². The van der Waals surface area contributed by atoms with Crippen molar-refractivity contribution in [3.05, 3.63) is 65.2 Å². The Bertz CT molecular complexity index is 1390. The topological polar surface area (TPSA) is 75.0 Å². The van der Waals surface area contributed by atoms with Crippen molar-refractivity contribution < 1.29 is 13.2 Å². The highest BCUT2D eigenvalue weighted by atomic mass is 19.4. The van der Waals surface area contributed by atoms with Crippen LogP contribution in [0.4, 0.5) is 30.5 Å². The van der Waals surface area contributed by atoms with E-state index in [0.717, 1.165) is 60.2 Å². The van der Waals surface area contributed by atoms with Gasteiger partial charge in [0.1, 0.15) is 5.82 Å². The van der Waals surface area contributed by atoms with Crippen LogP contribution in [0, 0.1) is 13.8 Å². The number of hydrogen-bond acceptors (Lipinski definition) is 7. The lowest BCUT2D eigenvalue weighted by molar-refractivity contribution is -0.138. The third kappa shape index (κ3) is 4.65. The van der Waals surface area contributed by atoms with Gasteiger partial charge in [-0.15, -0.1) is 5.10 Å². The monoisotopic (exact) mass is 496 g/mol. The lowest BCUT2D eigenvalue weighted by atomic mass is 10.0. The second-order valence-electron chi connectivity index (χ2n) is 9.01. The number of aryl methyl sites for hydroxylation is 2. The molecule has 4 aromatic rings. The van der Waals surface area contributed by atoms with Gasteiger partial charge in [0.25, 0.3) is 0 Å². The van der Waals surface area contributed by atoms with Crippen molar-refractivity contribution in [2.45, 2.75) is 26.6 Å². The van der Waals surface area contributed by atoms with E-state index < -0.39 is 11.7 Å². The molecule has 8 nitrogen and oxygen atoms in total. The number of pyridine rings is 1. The molecule has 0 amide bonds. The Morgan fingerprint density at radius 3 is 2.42 bits per heavy atom. The molecule has 4 heterocycles. The predicted molar refractivity (Wildman–Crippen MR) is 133 cm³/mol. The summed E-state index contributed by atoms with van der Waals surface area (Å²) >= 11 is 0. The van der Waals surface area contributed by atoms with Crippen molar-refractivity contribution in [3.8, 4) is 0 Å². The third-order valence-electron chi connectivity index (χ3n) is 6.69. The number of nitrogens with zero attached hydrogens (tertiary/aromatic N) is 7. The number of anilines is 3. The van der Waals surface area contributed by atoms with E-state index in [1.807, 2.05) is 32.4 Å². The zero-order valence-corrected chi connectivity index (χ0v) is 20.3. The maximum atomic E-state index is 13.3. The molecule has 36 heavy (non-hydrogen) atoms. The predicted octanol–water partition coefficient (Wildman–Crippen LogP) is 4.33. The van der Waals surface area contributed by atoms with Gasteiger partial charge in [0.05, 0.1) is 23.1 Å². The fraction of sp³-hybridized carbons (Fsp3) is 0.360. The summed E-state index contributed by atoms with van der Waals surface area (Å²) in [5, 5.41) is 17.7. The number of nitrogens with one attached hydrogen (secondary N) is 1. The molecule has 3 aromatic heterocycles. The second kappa shape index (κ2) is 9.29. The Hall–Kier alpha value is -3.89. The Kier molecular flexibility index (Phi) is 6.15. The van der Waals surface area contributed by atoms with Crippen molar-refractivity contribution in [2.75, 3.05) is 41.3 Å². The van der Waals surface area contributed by atoms with Crippen LogP contribution in [0.3, 0.4) is 0 Å². The van der Waals surface area contributed by atoms with E-state index in [1.54, 1.807) is 16.9 Å². The minimum Gasteiger partial charge on any atom is -0.365 e. The molecule has 5 rings (SSSR count). The molecule has 1 aliphatic rings. The molecule has 0 radical (unpaired) electrons. The summed E-state index contributed by atoms with van der Waals surface area (Å²) in [6, 6.07) is 6.21. The fourth-order valence-corrected chi connectivity index (χ4v) is 4.59. The molecular weight excluding hydrogens is 469 g/mol. The van der Waals surface area contributed by atoms with Crippen LogP contribution in [-0.4, -0.2) is 51.1 Å². The van der Waals surface area contributed by atoms with Gasteiger partial charge in [-0.05, 0) is 37.1 Å². The van der Waals surface area contributed by atoms with Crippen LogP contribution in [0.15, 0.2) is 42.9 Å². The van der Waals surface area contributed by atoms with Gasteiger partial charge in [-0.3, -0.25) is 4.68 Å². The molecule has 11 heteroatoms. The molecule has 1 saturated heterocycles. The van der Waals surface area contributed by atoms with E-state index in [-0.39, 0.29) is 12.1 Å². The van der Waals surface area contributed by atoms with Gasteiger partial charge in [0, 0.05) is 62.9 Å². The first-order valence-electron chi connectivity index (χ1n) is 11.7. The summed E-state index contributed by atoms with van der Waals surface area (Å²) in [4.78, 5) is 9.20. The Morgan fingerprint density at radius 2 is 1.72 bits per heavy atom. The Labute approximate surface area is 206 Å². The number of aromatic nitrogens is 5. The highest BCUT2D eigenvalue weighted by molar-refractivity contribution is 5.94. The van der Waals surface area contributed by atoms with E-state index in [0.29, 0.717) is 11.4 Å². The molecule has 0 atom stereocenters. The molecule has 0 aliphatic carbocycles. The molecule has 1 fully saturated rings. The molecule has 1 aromatic carbocycles. The van der Waals surface area contributed by atoms with Crippen LogP contribution in [0.2, 0.25) is 0 Å². The molecular formula is C25H27F3N8. The minimum atomic E-state index is -4.39. The normalized spacial score (nSPS) is 14.5. The zero-order chi connectivity index (χ0) is 25.4. The van der Waals surface area contributed by atoms with Gasteiger partial charge in [-0.2, -0.15) is 23.4 Å². The summed E-state index contributed by atoms with van der Waals surface area (Å²) in [5.74, 6) is 1.35. The van der Waals surface area contributed by atoms with Crippen LogP contribution in [0.25, 0.3) is 10.8 Å². The molecule has 0 bridgehead atoms. The Balaban J connectivity index is 1.37. The van der Waals surface area contributed by atoms with Crippen molar-refractivity contribution in [2.24, 2.45) is 7.05 Å². The van der Waals surface area contributed by atoms with Crippen molar-refractivity contribution >= 4 is 28.1 Å². The number of hydrogen-bond donors (Lipinski definition) is 1. The third-order valence-corrected chi connectivity index (χ3v) is 6.69. The van der Waals surface area contributed by atoms with Gasteiger partial charge in [0.2, 0.25) is 0 Å². The minimum absolute atomic E-state index is 0.198. The van der Waals surface area contributed by atoms with Crippen LogP contribution in [-0.2, 0) is 19.8 Å². The van der Waals surface area contributed by atoms with Crippen LogP contribution in [0.1, 0.15) is 22.4 Å². The maximum Gasteiger partial charge on any atom is 0.416 e. The van der Waals surface area contributed by atoms with E-state index in [1.165, 1.54) is 13.0 Å². The Morgan fingerprint density at radius 1 is 0.972 bits per heavy atom. The van der Waals surface area contributed by atoms with E-state index >= 15 is 0 Å². The number of fused-ring (bicyclic) bond motifs is 1. The lowest BCUT2D eigenvalue weighted by Gasteiger charge is -2.36. The first-order valence-corrected chi connectivity index (χ1v) is 11.7. The van der Waals surface area contributed by atoms with E-state index in [9.17, 15) is 13.2 Å². The quantitative estimate of drug-likeness (QED) is 0.441. The van der Waals surface area contributed by atoms with E-state index in [2.05, 4.69) is 35.4 Å². The van der Waals surface area contributed by atoms with Crippen molar-refractivity contribution in [1.82, 2.24) is 25.0 Å². The molecule has 188 valence electrons. The number of piperazine rings is 1.